The van der Waals surface area contributed by atoms with Crippen LogP contribution in [-0.4, -0.2) is 40.9 Å². The minimum atomic E-state index is 0.865. The Labute approximate surface area is 136 Å². The molecule has 1 aromatic heterocycles. The van der Waals surface area contributed by atoms with Crippen LogP contribution in [0.1, 0.15) is 5.69 Å². The molecule has 0 unspecified atom stereocenters. The third-order valence-electron chi connectivity index (χ3n) is 4.58. The summed E-state index contributed by atoms with van der Waals surface area (Å²) in [7, 11) is 0. The fraction of sp³-hybridized carbons (Fsp3) is 0.316. The van der Waals surface area contributed by atoms with Crippen molar-refractivity contribution in [1.82, 2.24) is 20.0 Å². The van der Waals surface area contributed by atoms with Crippen LogP contribution in [0.3, 0.4) is 0 Å². The molecule has 1 aliphatic heterocycles. The topological polar surface area (TPSA) is 33.1 Å². The Balaban J connectivity index is 1.77. The summed E-state index contributed by atoms with van der Waals surface area (Å²) in [5.74, 6) is 0. The van der Waals surface area contributed by atoms with Crippen molar-refractivity contribution >= 4 is 10.9 Å². The minimum absolute atomic E-state index is 0.865. The van der Waals surface area contributed by atoms with Gasteiger partial charge in [0.2, 0.25) is 0 Å². The highest BCUT2D eigenvalue weighted by Gasteiger charge is 2.15. The molecule has 0 radical (unpaired) electrons. The van der Waals surface area contributed by atoms with Gasteiger partial charge in [0.05, 0.1) is 17.9 Å². The summed E-state index contributed by atoms with van der Waals surface area (Å²) in [6.45, 7) is 7.27. The SMILES string of the molecule is Cc1nn(CN2CCNCC2)c2cccc(-c3ccccc3)c12. The van der Waals surface area contributed by atoms with Crippen molar-refractivity contribution in [3.05, 3.63) is 54.2 Å². The number of aromatic nitrogens is 2. The summed E-state index contributed by atoms with van der Waals surface area (Å²) < 4.78 is 2.16. The van der Waals surface area contributed by atoms with Gasteiger partial charge in [-0.1, -0.05) is 42.5 Å². The molecule has 118 valence electrons. The molecule has 0 atom stereocenters. The zero-order valence-corrected chi connectivity index (χ0v) is 13.5. The molecular weight excluding hydrogens is 284 g/mol. The van der Waals surface area contributed by atoms with E-state index in [-0.39, 0.29) is 0 Å². The summed E-state index contributed by atoms with van der Waals surface area (Å²) in [4.78, 5) is 2.46. The van der Waals surface area contributed by atoms with Gasteiger partial charge in [-0.2, -0.15) is 5.10 Å². The summed E-state index contributed by atoms with van der Waals surface area (Å²) in [5.41, 5.74) is 4.85. The highest BCUT2D eigenvalue weighted by atomic mass is 15.4. The van der Waals surface area contributed by atoms with Gasteiger partial charge in [-0.25, -0.2) is 0 Å². The summed E-state index contributed by atoms with van der Waals surface area (Å²) in [6, 6.07) is 17.1. The highest BCUT2D eigenvalue weighted by Crippen LogP contribution is 2.30. The van der Waals surface area contributed by atoms with Crippen LogP contribution in [0, 0.1) is 6.92 Å². The monoisotopic (exact) mass is 306 g/mol. The van der Waals surface area contributed by atoms with Crippen LogP contribution >= 0.6 is 0 Å². The Kier molecular flexibility index (Phi) is 3.85. The number of fused-ring (bicyclic) bond motifs is 1. The molecule has 3 aromatic rings. The molecular formula is C19H22N4. The maximum absolute atomic E-state index is 4.82. The Morgan fingerprint density at radius 1 is 1.00 bits per heavy atom. The first kappa shape index (κ1) is 14.4. The lowest BCUT2D eigenvalue weighted by Crippen LogP contribution is -2.44. The number of aryl methyl sites for hydroxylation is 1. The fourth-order valence-electron chi connectivity index (χ4n) is 3.43. The number of hydrogen-bond acceptors (Lipinski definition) is 3. The number of piperazine rings is 1. The first-order valence-corrected chi connectivity index (χ1v) is 8.27. The van der Waals surface area contributed by atoms with Crippen LogP contribution in [0.2, 0.25) is 0 Å². The van der Waals surface area contributed by atoms with Crippen LogP contribution in [0.4, 0.5) is 0 Å². The lowest BCUT2D eigenvalue weighted by atomic mass is 10.0. The number of nitrogens with one attached hydrogen (secondary N) is 1. The van der Waals surface area contributed by atoms with Crippen LogP contribution in [-0.2, 0) is 6.67 Å². The van der Waals surface area contributed by atoms with E-state index in [9.17, 15) is 0 Å². The zero-order valence-electron chi connectivity index (χ0n) is 13.5. The van der Waals surface area contributed by atoms with Gasteiger partial charge in [0.15, 0.2) is 0 Å². The quantitative estimate of drug-likeness (QED) is 0.808. The first-order valence-electron chi connectivity index (χ1n) is 8.27. The van der Waals surface area contributed by atoms with Crippen molar-refractivity contribution < 1.29 is 0 Å². The van der Waals surface area contributed by atoms with Crippen LogP contribution in [0.5, 0.6) is 0 Å². The van der Waals surface area contributed by atoms with Gasteiger partial charge < -0.3 is 5.32 Å². The van der Waals surface area contributed by atoms with Gasteiger partial charge >= 0.3 is 0 Å². The van der Waals surface area contributed by atoms with E-state index in [2.05, 4.69) is 70.4 Å². The molecule has 2 heterocycles. The molecule has 0 aliphatic carbocycles. The average molecular weight is 306 g/mol. The molecule has 4 nitrogen and oxygen atoms in total. The molecule has 1 saturated heterocycles. The largest absolute Gasteiger partial charge is 0.314 e. The molecule has 0 bridgehead atoms. The second-order valence-electron chi connectivity index (χ2n) is 6.16. The molecule has 1 N–H and O–H groups in total. The Morgan fingerprint density at radius 3 is 2.57 bits per heavy atom. The lowest BCUT2D eigenvalue weighted by molar-refractivity contribution is 0.186. The maximum Gasteiger partial charge on any atom is 0.0937 e. The van der Waals surface area contributed by atoms with E-state index < -0.39 is 0 Å². The third-order valence-corrected chi connectivity index (χ3v) is 4.58. The molecule has 1 fully saturated rings. The Bertz CT molecular complexity index is 801. The van der Waals surface area contributed by atoms with Crippen LogP contribution in [0.15, 0.2) is 48.5 Å². The van der Waals surface area contributed by atoms with Crippen molar-refractivity contribution in [2.75, 3.05) is 26.2 Å². The molecule has 23 heavy (non-hydrogen) atoms. The maximum atomic E-state index is 4.82. The zero-order chi connectivity index (χ0) is 15.6. The summed E-state index contributed by atoms with van der Waals surface area (Å²) >= 11 is 0. The second kappa shape index (κ2) is 6.14. The normalized spacial score (nSPS) is 16.0. The van der Waals surface area contributed by atoms with Gasteiger partial charge in [0.1, 0.15) is 0 Å². The molecule has 4 rings (SSSR count). The third kappa shape index (κ3) is 2.76. The molecule has 0 saturated carbocycles. The summed E-state index contributed by atoms with van der Waals surface area (Å²) in [5, 5.41) is 9.50. The molecule has 0 amide bonds. The van der Waals surface area contributed by atoms with Gasteiger partial charge in [-0.15, -0.1) is 0 Å². The van der Waals surface area contributed by atoms with E-state index in [0.717, 1.165) is 38.5 Å². The van der Waals surface area contributed by atoms with E-state index in [1.54, 1.807) is 0 Å². The molecule has 4 heteroatoms. The van der Waals surface area contributed by atoms with Gasteiger partial charge in [0, 0.05) is 31.6 Å². The molecule has 2 aromatic carbocycles. The highest BCUT2D eigenvalue weighted by molar-refractivity contribution is 5.96. The van der Waals surface area contributed by atoms with E-state index in [0.29, 0.717) is 0 Å². The Morgan fingerprint density at radius 2 is 1.78 bits per heavy atom. The summed E-state index contributed by atoms with van der Waals surface area (Å²) in [6.07, 6.45) is 0. The average Bonchev–Trinajstić information content (AvgIpc) is 2.93. The predicted molar refractivity (Wildman–Crippen MR) is 94.3 cm³/mol. The van der Waals surface area contributed by atoms with E-state index >= 15 is 0 Å². The van der Waals surface area contributed by atoms with Crippen molar-refractivity contribution in [3.8, 4) is 11.1 Å². The first-order chi connectivity index (χ1) is 11.3. The van der Waals surface area contributed by atoms with E-state index in [1.807, 2.05) is 0 Å². The van der Waals surface area contributed by atoms with Gasteiger partial charge in [-0.05, 0) is 24.1 Å². The van der Waals surface area contributed by atoms with E-state index in [1.165, 1.54) is 22.0 Å². The lowest BCUT2D eigenvalue weighted by Gasteiger charge is -2.27. The number of rotatable bonds is 3. The van der Waals surface area contributed by atoms with Crippen LogP contribution in [0.25, 0.3) is 22.0 Å². The number of benzene rings is 2. The van der Waals surface area contributed by atoms with Crippen molar-refractivity contribution in [2.24, 2.45) is 0 Å². The fourth-order valence-corrected chi connectivity index (χ4v) is 3.43. The Hall–Kier alpha value is -2.17. The van der Waals surface area contributed by atoms with Gasteiger partial charge in [-0.3, -0.25) is 9.58 Å². The van der Waals surface area contributed by atoms with Crippen molar-refractivity contribution in [3.63, 3.8) is 0 Å². The predicted octanol–water partition coefficient (Wildman–Crippen LogP) is 2.87. The molecule has 0 spiro atoms. The van der Waals surface area contributed by atoms with Gasteiger partial charge in [0.25, 0.3) is 0 Å². The molecule has 1 aliphatic rings. The van der Waals surface area contributed by atoms with Crippen molar-refractivity contribution in [1.29, 1.82) is 0 Å². The van der Waals surface area contributed by atoms with E-state index in [4.69, 9.17) is 5.10 Å². The number of nitrogens with zero attached hydrogens (tertiary/aromatic N) is 3. The smallest absolute Gasteiger partial charge is 0.0937 e. The standard InChI is InChI=1S/C19H22N4/c1-15-19-17(16-6-3-2-4-7-16)8-5-9-18(19)23(21-15)14-22-12-10-20-11-13-22/h2-9,20H,10-14H2,1H3. The second-order valence-corrected chi connectivity index (χ2v) is 6.16. The number of hydrogen-bond donors (Lipinski definition) is 1. The van der Waals surface area contributed by atoms with Crippen LogP contribution < -0.4 is 5.32 Å². The minimum Gasteiger partial charge on any atom is -0.314 e. The van der Waals surface area contributed by atoms with Crippen molar-refractivity contribution in [2.45, 2.75) is 13.6 Å².